The number of likely N-dealkylation sites (N-methyl/N-ethyl adjacent to an activating group) is 1. The summed E-state index contributed by atoms with van der Waals surface area (Å²) in [6, 6.07) is 7.25. The predicted octanol–water partition coefficient (Wildman–Crippen LogP) is 2.46. The zero-order valence-electron chi connectivity index (χ0n) is 12.2. The third-order valence-electron chi connectivity index (χ3n) is 3.50. The first-order valence-corrected chi connectivity index (χ1v) is 7.89. The largest absolute Gasteiger partial charge is 0.324 e. The topological polar surface area (TPSA) is 65.5 Å². The van der Waals surface area contributed by atoms with Crippen LogP contribution in [0.15, 0.2) is 35.8 Å². The molecule has 114 valence electrons. The van der Waals surface area contributed by atoms with E-state index in [9.17, 15) is 9.59 Å². The maximum absolute atomic E-state index is 12.2. The molecule has 1 N–H and O–H groups in total. The van der Waals surface area contributed by atoms with Gasteiger partial charge in [-0.15, -0.1) is 11.3 Å². The van der Waals surface area contributed by atoms with Gasteiger partial charge in [0.1, 0.15) is 11.6 Å². The summed E-state index contributed by atoms with van der Waals surface area (Å²) in [5.41, 5.74) is 1.72. The summed E-state index contributed by atoms with van der Waals surface area (Å²) in [7, 11) is 0. The van der Waals surface area contributed by atoms with Crippen molar-refractivity contribution in [1.82, 2.24) is 14.8 Å². The van der Waals surface area contributed by atoms with E-state index in [1.54, 1.807) is 22.4 Å². The standard InChI is InChI=1S/C15H16N4O2S/c1-2-18-10-19(9-13(18)20)15(21)17-12-5-3-11(4-6-12)14-16-7-8-22-14/h3-8H,2,9-10H2,1H3,(H,17,21). The van der Waals surface area contributed by atoms with Crippen molar-refractivity contribution in [3.8, 4) is 10.6 Å². The summed E-state index contributed by atoms with van der Waals surface area (Å²) in [5, 5.41) is 5.68. The molecule has 1 aliphatic heterocycles. The molecule has 0 aliphatic carbocycles. The summed E-state index contributed by atoms with van der Waals surface area (Å²) < 4.78 is 0. The normalized spacial score (nSPS) is 14.5. The first-order chi connectivity index (χ1) is 10.7. The third kappa shape index (κ3) is 2.94. The molecule has 1 aromatic heterocycles. The van der Waals surface area contributed by atoms with Crippen LogP contribution in [-0.4, -0.2) is 46.5 Å². The van der Waals surface area contributed by atoms with E-state index in [-0.39, 0.29) is 18.5 Å². The number of hydrogen-bond acceptors (Lipinski definition) is 4. The van der Waals surface area contributed by atoms with Gasteiger partial charge in [0, 0.05) is 29.4 Å². The van der Waals surface area contributed by atoms with Gasteiger partial charge >= 0.3 is 6.03 Å². The van der Waals surface area contributed by atoms with Crippen molar-refractivity contribution in [2.24, 2.45) is 0 Å². The number of thiazole rings is 1. The molecular formula is C15H16N4O2S. The quantitative estimate of drug-likeness (QED) is 0.946. The van der Waals surface area contributed by atoms with E-state index in [0.29, 0.717) is 18.9 Å². The number of nitrogens with zero attached hydrogens (tertiary/aromatic N) is 3. The highest BCUT2D eigenvalue weighted by Crippen LogP contribution is 2.23. The third-order valence-corrected chi connectivity index (χ3v) is 4.33. The van der Waals surface area contributed by atoms with Crippen molar-refractivity contribution in [1.29, 1.82) is 0 Å². The highest BCUT2D eigenvalue weighted by atomic mass is 32.1. The van der Waals surface area contributed by atoms with Gasteiger partial charge in [0.15, 0.2) is 0 Å². The van der Waals surface area contributed by atoms with Crippen molar-refractivity contribution in [2.75, 3.05) is 25.1 Å². The fraction of sp³-hybridized carbons (Fsp3) is 0.267. The number of nitrogens with one attached hydrogen (secondary N) is 1. The Morgan fingerprint density at radius 3 is 2.73 bits per heavy atom. The summed E-state index contributed by atoms with van der Waals surface area (Å²) in [6.45, 7) is 3.00. The monoisotopic (exact) mass is 316 g/mol. The summed E-state index contributed by atoms with van der Waals surface area (Å²) in [4.78, 5) is 31.2. The number of urea groups is 1. The molecule has 0 spiro atoms. The van der Waals surface area contributed by atoms with Crippen LogP contribution in [-0.2, 0) is 4.79 Å². The summed E-state index contributed by atoms with van der Waals surface area (Å²) in [6.07, 6.45) is 1.76. The van der Waals surface area contributed by atoms with Crippen LogP contribution < -0.4 is 5.32 Å². The Labute approximate surface area is 132 Å². The molecule has 0 atom stereocenters. The molecule has 2 aromatic rings. The molecule has 7 heteroatoms. The zero-order valence-corrected chi connectivity index (χ0v) is 13.0. The lowest BCUT2D eigenvalue weighted by atomic mass is 10.2. The Morgan fingerprint density at radius 1 is 1.36 bits per heavy atom. The maximum atomic E-state index is 12.2. The predicted molar refractivity (Wildman–Crippen MR) is 85.5 cm³/mol. The van der Waals surface area contributed by atoms with Crippen molar-refractivity contribution in [3.63, 3.8) is 0 Å². The highest BCUT2D eigenvalue weighted by Gasteiger charge is 2.29. The first-order valence-electron chi connectivity index (χ1n) is 7.01. The van der Waals surface area contributed by atoms with Crippen molar-refractivity contribution in [3.05, 3.63) is 35.8 Å². The van der Waals surface area contributed by atoms with E-state index in [2.05, 4.69) is 10.3 Å². The van der Waals surface area contributed by atoms with E-state index >= 15 is 0 Å². The Kier molecular flexibility index (Phi) is 4.06. The lowest BCUT2D eigenvalue weighted by Crippen LogP contribution is -2.34. The van der Waals surface area contributed by atoms with E-state index in [4.69, 9.17) is 0 Å². The molecule has 1 fully saturated rings. The molecule has 6 nitrogen and oxygen atoms in total. The molecule has 0 saturated carbocycles. The molecule has 0 radical (unpaired) electrons. The second kappa shape index (κ2) is 6.15. The van der Waals surface area contributed by atoms with Gasteiger partial charge in [-0.25, -0.2) is 9.78 Å². The Morgan fingerprint density at radius 2 is 2.14 bits per heavy atom. The van der Waals surface area contributed by atoms with E-state index < -0.39 is 0 Å². The van der Waals surface area contributed by atoms with Gasteiger partial charge in [-0.3, -0.25) is 9.69 Å². The van der Waals surface area contributed by atoms with Gasteiger partial charge in [-0.05, 0) is 31.2 Å². The number of aromatic nitrogens is 1. The SMILES string of the molecule is CCN1CN(C(=O)Nc2ccc(-c3nccs3)cc2)CC1=O. The number of benzene rings is 1. The number of rotatable bonds is 3. The first kappa shape index (κ1) is 14.5. The Bertz CT molecular complexity index is 669. The molecule has 22 heavy (non-hydrogen) atoms. The molecule has 2 heterocycles. The van der Waals surface area contributed by atoms with Crippen LogP contribution in [0.2, 0.25) is 0 Å². The molecule has 3 rings (SSSR count). The average molecular weight is 316 g/mol. The fourth-order valence-electron chi connectivity index (χ4n) is 2.28. The van der Waals surface area contributed by atoms with Crippen molar-refractivity contribution < 1.29 is 9.59 Å². The van der Waals surface area contributed by atoms with Gasteiger partial charge < -0.3 is 10.2 Å². The number of amides is 3. The molecule has 1 saturated heterocycles. The van der Waals surface area contributed by atoms with Crippen molar-refractivity contribution >= 4 is 29.0 Å². The molecule has 0 unspecified atom stereocenters. The summed E-state index contributed by atoms with van der Waals surface area (Å²) in [5.74, 6) is -0.0169. The second-order valence-corrected chi connectivity index (χ2v) is 5.83. The number of carbonyl (C=O) groups is 2. The maximum Gasteiger partial charge on any atom is 0.323 e. The minimum Gasteiger partial charge on any atom is -0.324 e. The molecular weight excluding hydrogens is 300 g/mol. The molecule has 1 aliphatic rings. The van der Waals surface area contributed by atoms with Crippen LogP contribution in [0.4, 0.5) is 10.5 Å². The van der Waals surface area contributed by atoms with Crippen LogP contribution >= 0.6 is 11.3 Å². The van der Waals surface area contributed by atoms with E-state index in [1.165, 1.54) is 4.90 Å². The van der Waals surface area contributed by atoms with Crippen LogP contribution in [0.1, 0.15) is 6.92 Å². The Hall–Kier alpha value is -2.41. The molecule has 0 bridgehead atoms. The highest BCUT2D eigenvalue weighted by molar-refractivity contribution is 7.13. The van der Waals surface area contributed by atoms with Gasteiger partial charge in [-0.2, -0.15) is 0 Å². The van der Waals surface area contributed by atoms with Crippen molar-refractivity contribution in [2.45, 2.75) is 6.92 Å². The van der Waals surface area contributed by atoms with Gasteiger partial charge in [-0.1, -0.05) is 0 Å². The van der Waals surface area contributed by atoms with Gasteiger partial charge in [0.05, 0.1) is 6.67 Å². The molecule has 3 amide bonds. The Balaban J connectivity index is 1.64. The van der Waals surface area contributed by atoms with Crippen LogP contribution in [0, 0.1) is 0 Å². The number of carbonyl (C=O) groups excluding carboxylic acids is 2. The lowest BCUT2D eigenvalue weighted by molar-refractivity contribution is -0.126. The van der Waals surface area contributed by atoms with Crippen LogP contribution in [0.5, 0.6) is 0 Å². The summed E-state index contributed by atoms with van der Waals surface area (Å²) >= 11 is 1.57. The van der Waals surface area contributed by atoms with Gasteiger partial charge in [0.25, 0.3) is 0 Å². The van der Waals surface area contributed by atoms with Crippen LogP contribution in [0.25, 0.3) is 10.6 Å². The van der Waals surface area contributed by atoms with E-state index in [0.717, 1.165) is 10.6 Å². The van der Waals surface area contributed by atoms with Gasteiger partial charge in [0.2, 0.25) is 5.91 Å². The second-order valence-electron chi connectivity index (χ2n) is 4.93. The fourth-order valence-corrected chi connectivity index (χ4v) is 2.92. The minimum atomic E-state index is -0.258. The van der Waals surface area contributed by atoms with Crippen LogP contribution in [0.3, 0.4) is 0 Å². The van der Waals surface area contributed by atoms with E-state index in [1.807, 2.05) is 36.6 Å². The minimum absolute atomic E-state index is 0.0169. The smallest absolute Gasteiger partial charge is 0.323 e. The lowest BCUT2D eigenvalue weighted by Gasteiger charge is -2.17. The molecule has 1 aromatic carbocycles. The number of anilines is 1. The number of hydrogen-bond donors (Lipinski definition) is 1. The average Bonchev–Trinajstić information content (AvgIpc) is 3.17. The zero-order chi connectivity index (χ0) is 15.5.